The van der Waals surface area contributed by atoms with Crippen molar-refractivity contribution >= 4 is 37.0 Å². The molecule has 0 aromatic carbocycles. The van der Waals surface area contributed by atoms with Crippen LogP contribution in [0, 0.1) is 11.8 Å². The van der Waals surface area contributed by atoms with Crippen LogP contribution in [0.5, 0.6) is 0 Å². The maximum atomic E-state index is 12.7. The van der Waals surface area contributed by atoms with Gasteiger partial charge in [-0.1, -0.05) is 32.9 Å². The first-order chi connectivity index (χ1) is 17.3. The minimum Gasteiger partial charge on any atom is -0.462 e. The summed E-state index contributed by atoms with van der Waals surface area (Å²) in [6.07, 6.45) is 4.57. The Kier molecular flexibility index (Phi) is 11.7. The Labute approximate surface area is 221 Å². The second kappa shape index (κ2) is 14.0. The minimum absolute atomic E-state index is 0.204. The van der Waals surface area contributed by atoms with Crippen molar-refractivity contribution in [2.24, 2.45) is 17.0 Å². The molecule has 2 heterocycles. The number of nitrogens with zero attached hydrogens (tertiary/aromatic N) is 5. The van der Waals surface area contributed by atoms with Crippen LogP contribution in [0.25, 0.3) is 11.2 Å². The van der Waals surface area contributed by atoms with Gasteiger partial charge in [-0.2, -0.15) is 0 Å². The highest BCUT2D eigenvalue weighted by atomic mass is 31.2. The van der Waals surface area contributed by atoms with Crippen molar-refractivity contribution < 1.29 is 18.9 Å². The number of nitrogens with two attached hydrogens (primary N) is 1. The number of imidazole rings is 1. The summed E-state index contributed by atoms with van der Waals surface area (Å²) in [7, 11) is -1.46. The number of anilines is 1. The molecule has 0 spiro atoms. The molecule has 0 aliphatic rings. The van der Waals surface area contributed by atoms with E-state index in [1.54, 1.807) is 20.2 Å². The highest BCUT2D eigenvalue weighted by Gasteiger charge is 2.34. The van der Waals surface area contributed by atoms with Crippen LogP contribution in [0.3, 0.4) is 0 Å². The van der Waals surface area contributed by atoms with Crippen molar-refractivity contribution in [2.45, 2.75) is 99.4 Å². The summed E-state index contributed by atoms with van der Waals surface area (Å²) in [5, 5.41) is 7.81. The Morgan fingerprint density at radius 2 is 1.76 bits per heavy atom. The number of ether oxygens (including phenoxy) is 2. The molecule has 12 heteroatoms. The number of rotatable bonds is 15. The van der Waals surface area contributed by atoms with Crippen LogP contribution in [0.1, 0.15) is 75.2 Å². The molecule has 2 rings (SSSR count). The van der Waals surface area contributed by atoms with Gasteiger partial charge in [-0.25, -0.2) is 20.0 Å². The van der Waals surface area contributed by atoms with Crippen LogP contribution in [0.4, 0.5) is 5.82 Å². The summed E-state index contributed by atoms with van der Waals surface area (Å²) in [6, 6.07) is 0. The van der Waals surface area contributed by atoms with Gasteiger partial charge in [0.1, 0.15) is 23.7 Å². The van der Waals surface area contributed by atoms with Gasteiger partial charge >= 0.3 is 5.97 Å². The van der Waals surface area contributed by atoms with Gasteiger partial charge in [0.25, 0.3) is 0 Å². The second-order valence-corrected chi connectivity index (χ2v) is 12.3. The Bertz CT molecular complexity index is 1030. The van der Waals surface area contributed by atoms with Gasteiger partial charge in [0.05, 0.1) is 30.8 Å². The normalized spacial score (nSPS) is 13.8. The smallest absolute Gasteiger partial charge is 0.326 e. The van der Waals surface area contributed by atoms with E-state index in [4.69, 9.17) is 19.8 Å². The van der Waals surface area contributed by atoms with Crippen molar-refractivity contribution in [1.82, 2.24) is 24.6 Å². The number of aromatic nitrogens is 4. The standard InChI is InChI=1S/C25H44N7O4P/c1-16(2)10-20(11-17(3)4)30-36-37(31-25(8,9)24(33)35-18(5)6)15-34-19(7)12-32-14-29-21-22(26)27-13-28-23(21)32/h13-14,16-19,31H,10-12,15H2,1-9H3,(H2,26,27,28)/t19-,37?/m1/s1. The van der Waals surface area contributed by atoms with Crippen molar-refractivity contribution in [3.05, 3.63) is 12.7 Å². The lowest BCUT2D eigenvalue weighted by Crippen LogP contribution is -2.46. The van der Waals surface area contributed by atoms with Crippen molar-refractivity contribution in [3.63, 3.8) is 0 Å². The molecule has 2 aromatic rings. The zero-order valence-electron chi connectivity index (χ0n) is 23.7. The topological polar surface area (TPSA) is 139 Å². The van der Waals surface area contributed by atoms with Gasteiger partial charge in [-0.3, -0.25) is 4.79 Å². The van der Waals surface area contributed by atoms with Crippen LogP contribution in [-0.2, 0) is 25.4 Å². The summed E-state index contributed by atoms with van der Waals surface area (Å²) >= 11 is 0. The molecule has 0 radical (unpaired) electrons. The molecule has 1 unspecified atom stereocenters. The average molecular weight is 538 g/mol. The van der Waals surface area contributed by atoms with E-state index in [1.165, 1.54) is 6.33 Å². The quantitative estimate of drug-likeness (QED) is 0.141. The van der Waals surface area contributed by atoms with Crippen LogP contribution in [-0.4, -0.2) is 55.3 Å². The average Bonchev–Trinajstić information content (AvgIpc) is 3.18. The van der Waals surface area contributed by atoms with E-state index in [1.807, 2.05) is 25.3 Å². The fourth-order valence-corrected chi connectivity index (χ4v) is 5.03. The molecule has 11 nitrogen and oxygen atoms in total. The molecule has 2 atom stereocenters. The zero-order chi connectivity index (χ0) is 27.8. The lowest BCUT2D eigenvalue weighted by Gasteiger charge is -2.29. The van der Waals surface area contributed by atoms with E-state index in [-0.39, 0.29) is 24.5 Å². The SMILES string of the molecule is CC(C)CC(CC(C)C)=NOP(CO[C@H](C)Cn1cnc2c(N)ncnc21)NC(C)(C)C(=O)OC(C)C. The molecule has 0 saturated carbocycles. The molecular weight excluding hydrogens is 493 g/mol. The monoisotopic (exact) mass is 537 g/mol. The van der Waals surface area contributed by atoms with Crippen LogP contribution in [0.2, 0.25) is 0 Å². The van der Waals surface area contributed by atoms with Gasteiger partial charge in [-0.05, 0) is 59.3 Å². The van der Waals surface area contributed by atoms with Crippen LogP contribution < -0.4 is 10.8 Å². The van der Waals surface area contributed by atoms with E-state index in [0.717, 1.165) is 18.6 Å². The predicted molar refractivity (Wildman–Crippen MR) is 148 cm³/mol. The van der Waals surface area contributed by atoms with Gasteiger partial charge in [0.15, 0.2) is 11.5 Å². The lowest BCUT2D eigenvalue weighted by atomic mass is 9.99. The number of hydrogen-bond donors (Lipinski definition) is 2. The summed E-state index contributed by atoms with van der Waals surface area (Å²) in [5.41, 5.74) is 7.12. The zero-order valence-corrected chi connectivity index (χ0v) is 24.6. The number of esters is 1. The number of nitrogens with one attached hydrogen (secondary N) is 1. The van der Waals surface area contributed by atoms with E-state index in [9.17, 15) is 4.79 Å². The maximum absolute atomic E-state index is 12.7. The first-order valence-electron chi connectivity index (χ1n) is 12.8. The third kappa shape index (κ3) is 10.1. The highest BCUT2D eigenvalue weighted by Crippen LogP contribution is 2.37. The summed E-state index contributed by atoms with van der Waals surface area (Å²) in [6.45, 7) is 18.3. The summed E-state index contributed by atoms with van der Waals surface area (Å²) in [5.74, 6) is 0.890. The van der Waals surface area contributed by atoms with Gasteiger partial charge in [-0.15, -0.1) is 0 Å². The molecule has 0 saturated heterocycles. The molecule has 37 heavy (non-hydrogen) atoms. The first kappa shape index (κ1) is 30.9. The van der Waals surface area contributed by atoms with Crippen LogP contribution in [0.15, 0.2) is 17.8 Å². The molecule has 0 amide bonds. The minimum atomic E-state index is -1.46. The number of fused-ring (bicyclic) bond motifs is 1. The molecule has 0 fully saturated rings. The highest BCUT2D eigenvalue weighted by molar-refractivity contribution is 7.50. The predicted octanol–water partition coefficient (Wildman–Crippen LogP) is 4.87. The summed E-state index contributed by atoms with van der Waals surface area (Å²) in [4.78, 5) is 25.3. The fourth-order valence-electron chi connectivity index (χ4n) is 3.56. The molecular formula is C25H44N7O4P. The molecule has 0 aliphatic heterocycles. The lowest BCUT2D eigenvalue weighted by molar-refractivity contribution is -0.153. The maximum Gasteiger partial charge on any atom is 0.326 e. The Morgan fingerprint density at radius 1 is 1.11 bits per heavy atom. The Balaban J connectivity index is 2.14. The number of hydrogen-bond acceptors (Lipinski definition) is 10. The number of oxime groups is 1. The van der Waals surface area contributed by atoms with Gasteiger partial charge < -0.3 is 24.4 Å². The van der Waals surface area contributed by atoms with Crippen molar-refractivity contribution in [1.29, 1.82) is 0 Å². The third-order valence-electron chi connectivity index (χ3n) is 5.17. The van der Waals surface area contributed by atoms with E-state index < -0.39 is 13.8 Å². The van der Waals surface area contributed by atoms with Crippen molar-refractivity contribution in [2.75, 3.05) is 12.1 Å². The number of carbonyl (C=O) groups excluding carboxylic acids is 1. The third-order valence-corrected chi connectivity index (χ3v) is 6.64. The molecule has 208 valence electrons. The number of carbonyl (C=O) groups is 1. The van der Waals surface area contributed by atoms with E-state index in [0.29, 0.717) is 35.4 Å². The Hall–Kier alpha value is -2.36. The Morgan fingerprint density at radius 3 is 2.35 bits per heavy atom. The van der Waals surface area contributed by atoms with E-state index in [2.05, 4.69) is 52.9 Å². The van der Waals surface area contributed by atoms with Crippen LogP contribution >= 0.6 is 8.30 Å². The largest absolute Gasteiger partial charge is 0.462 e. The van der Waals surface area contributed by atoms with E-state index >= 15 is 0 Å². The molecule has 0 bridgehead atoms. The second-order valence-electron chi connectivity index (χ2n) is 10.9. The molecule has 3 N–H and O–H groups in total. The van der Waals surface area contributed by atoms with Crippen molar-refractivity contribution in [3.8, 4) is 0 Å². The van der Waals surface area contributed by atoms with Gasteiger partial charge in [0.2, 0.25) is 8.30 Å². The fraction of sp³-hybridized carbons (Fsp3) is 0.720. The first-order valence-corrected chi connectivity index (χ1v) is 14.2. The summed E-state index contributed by atoms with van der Waals surface area (Å²) < 4.78 is 19.5. The molecule has 0 aliphatic carbocycles. The number of nitrogen functional groups attached to an aromatic ring is 1. The van der Waals surface area contributed by atoms with Gasteiger partial charge in [0, 0.05) is 0 Å². The molecule has 2 aromatic heterocycles.